The maximum atomic E-state index is 12.1. The van der Waals surface area contributed by atoms with Crippen molar-refractivity contribution in [2.24, 2.45) is 0 Å². The third-order valence-corrected chi connectivity index (χ3v) is 2.86. The van der Waals surface area contributed by atoms with Crippen molar-refractivity contribution in [1.82, 2.24) is 9.88 Å². The van der Waals surface area contributed by atoms with Crippen molar-refractivity contribution in [3.63, 3.8) is 0 Å². The van der Waals surface area contributed by atoms with Gasteiger partial charge < -0.3 is 4.90 Å². The van der Waals surface area contributed by atoms with E-state index in [1.165, 1.54) is 11.0 Å². The Hall–Kier alpha value is -2.75. The van der Waals surface area contributed by atoms with Gasteiger partial charge in [-0.25, -0.2) is 0 Å². The highest BCUT2D eigenvalue weighted by atomic mass is 16.2. The summed E-state index contributed by atoms with van der Waals surface area (Å²) in [5.41, 5.74) is 1.66. The molecule has 1 aromatic heterocycles. The predicted octanol–water partition coefficient (Wildman–Crippen LogP) is 2.23. The molecule has 1 heterocycles. The standard InChI is InChI=1S/C17H15N2O2/c20-13-12-19(14-16-8-4-5-11-18-16)17(21)10-9-15-6-2-1-3-7-15/h1-11H,12,14H2/b10-9+. The highest BCUT2D eigenvalue weighted by Gasteiger charge is 2.11. The second kappa shape index (κ2) is 7.75. The normalized spacial score (nSPS) is 10.5. The molecular weight excluding hydrogens is 264 g/mol. The molecule has 0 aliphatic carbocycles. The Kier molecular flexibility index (Phi) is 5.41. The lowest BCUT2D eigenvalue weighted by Crippen LogP contribution is -2.31. The quantitative estimate of drug-likeness (QED) is 0.762. The number of aromatic nitrogens is 1. The van der Waals surface area contributed by atoms with E-state index >= 15 is 0 Å². The molecule has 0 unspecified atom stereocenters. The van der Waals surface area contributed by atoms with Gasteiger partial charge in [0.2, 0.25) is 12.2 Å². The summed E-state index contributed by atoms with van der Waals surface area (Å²) in [4.78, 5) is 28.3. The third-order valence-electron chi connectivity index (χ3n) is 2.86. The van der Waals surface area contributed by atoms with Gasteiger partial charge in [-0.3, -0.25) is 14.6 Å². The van der Waals surface area contributed by atoms with Gasteiger partial charge >= 0.3 is 0 Å². The zero-order chi connectivity index (χ0) is 14.9. The van der Waals surface area contributed by atoms with Gasteiger partial charge in [0.05, 0.1) is 18.8 Å². The van der Waals surface area contributed by atoms with Crippen LogP contribution in [0.25, 0.3) is 6.08 Å². The van der Waals surface area contributed by atoms with Crippen LogP contribution < -0.4 is 0 Å². The molecule has 21 heavy (non-hydrogen) atoms. The van der Waals surface area contributed by atoms with E-state index in [9.17, 15) is 9.59 Å². The van der Waals surface area contributed by atoms with E-state index in [0.29, 0.717) is 0 Å². The summed E-state index contributed by atoms with van der Waals surface area (Å²) >= 11 is 0. The number of amides is 1. The topological polar surface area (TPSA) is 50.3 Å². The molecule has 0 atom stereocenters. The molecule has 0 saturated heterocycles. The minimum atomic E-state index is -0.243. The van der Waals surface area contributed by atoms with Crippen LogP contribution in [0.2, 0.25) is 0 Å². The molecule has 105 valence electrons. The lowest BCUT2D eigenvalue weighted by atomic mass is 10.2. The van der Waals surface area contributed by atoms with E-state index in [4.69, 9.17) is 0 Å². The van der Waals surface area contributed by atoms with Crippen LogP contribution in [0, 0.1) is 0 Å². The lowest BCUT2D eigenvalue weighted by Gasteiger charge is -2.17. The van der Waals surface area contributed by atoms with Gasteiger partial charge in [-0.2, -0.15) is 0 Å². The highest BCUT2D eigenvalue weighted by molar-refractivity contribution is 5.92. The molecular formula is C17H15N2O2. The van der Waals surface area contributed by atoms with Crippen molar-refractivity contribution in [3.05, 3.63) is 72.1 Å². The number of carbonyl (C=O) groups is 1. The first-order chi connectivity index (χ1) is 10.3. The summed E-state index contributed by atoms with van der Waals surface area (Å²) in [5, 5.41) is 0. The Morgan fingerprint density at radius 3 is 2.57 bits per heavy atom. The molecule has 1 radical (unpaired) electrons. The Balaban J connectivity index is 2.05. The zero-order valence-electron chi connectivity index (χ0n) is 11.5. The van der Waals surface area contributed by atoms with Gasteiger partial charge in [0.1, 0.15) is 0 Å². The Bertz CT molecular complexity index is 609. The van der Waals surface area contributed by atoms with Crippen LogP contribution in [0.4, 0.5) is 0 Å². The first-order valence-electron chi connectivity index (χ1n) is 6.56. The van der Waals surface area contributed by atoms with Gasteiger partial charge in [0.25, 0.3) is 0 Å². The smallest absolute Gasteiger partial charge is 0.247 e. The molecule has 4 heteroatoms. The largest absolute Gasteiger partial charge is 0.325 e. The van der Waals surface area contributed by atoms with E-state index in [-0.39, 0.29) is 19.0 Å². The molecule has 1 amide bonds. The maximum absolute atomic E-state index is 12.1. The molecule has 1 aromatic carbocycles. The van der Waals surface area contributed by atoms with Crippen LogP contribution in [0.15, 0.2) is 60.8 Å². The van der Waals surface area contributed by atoms with Crippen LogP contribution in [-0.2, 0) is 16.1 Å². The lowest BCUT2D eigenvalue weighted by molar-refractivity contribution is -0.125. The van der Waals surface area contributed by atoms with Gasteiger partial charge in [-0.05, 0) is 23.8 Å². The van der Waals surface area contributed by atoms with Crippen LogP contribution in [0.5, 0.6) is 0 Å². The van der Waals surface area contributed by atoms with Crippen molar-refractivity contribution >= 4 is 18.3 Å². The molecule has 0 saturated carbocycles. The Morgan fingerprint density at radius 1 is 1.14 bits per heavy atom. The van der Waals surface area contributed by atoms with E-state index in [1.54, 1.807) is 24.6 Å². The highest BCUT2D eigenvalue weighted by Crippen LogP contribution is 2.05. The average molecular weight is 279 g/mol. The second-order valence-corrected chi connectivity index (χ2v) is 4.40. The summed E-state index contributed by atoms with van der Waals surface area (Å²) in [6.07, 6.45) is 6.59. The maximum Gasteiger partial charge on any atom is 0.247 e. The minimum Gasteiger partial charge on any atom is -0.325 e. The number of hydrogen-bond acceptors (Lipinski definition) is 3. The van der Waals surface area contributed by atoms with Gasteiger partial charge in [-0.1, -0.05) is 36.4 Å². The molecule has 2 aromatic rings. The number of pyridine rings is 1. The molecule has 0 aliphatic heterocycles. The minimum absolute atomic E-state index is 0.0749. The predicted molar refractivity (Wildman–Crippen MR) is 80.8 cm³/mol. The Morgan fingerprint density at radius 2 is 1.90 bits per heavy atom. The van der Waals surface area contributed by atoms with Crippen molar-refractivity contribution in [1.29, 1.82) is 0 Å². The zero-order valence-corrected chi connectivity index (χ0v) is 11.5. The number of benzene rings is 1. The van der Waals surface area contributed by atoms with E-state index < -0.39 is 0 Å². The molecule has 0 spiro atoms. The van der Waals surface area contributed by atoms with E-state index in [0.717, 1.165) is 11.3 Å². The molecule has 0 fully saturated rings. The number of rotatable bonds is 6. The number of hydrogen-bond donors (Lipinski definition) is 0. The number of carbonyl (C=O) groups excluding carboxylic acids is 2. The fraction of sp³-hybridized carbons (Fsp3) is 0.118. The van der Waals surface area contributed by atoms with Crippen molar-refractivity contribution in [3.8, 4) is 0 Å². The van der Waals surface area contributed by atoms with Gasteiger partial charge in [0, 0.05) is 12.3 Å². The fourth-order valence-corrected chi connectivity index (χ4v) is 1.81. The third kappa shape index (κ3) is 4.69. The molecule has 0 bridgehead atoms. The van der Waals surface area contributed by atoms with E-state index in [1.807, 2.05) is 42.5 Å². The molecule has 2 rings (SSSR count). The van der Waals surface area contributed by atoms with Crippen molar-refractivity contribution < 1.29 is 9.59 Å². The monoisotopic (exact) mass is 279 g/mol. The second-order valence-electron chi connectivity index (χ2n) is 4.40. The summed E-state index contributed by atoms with van der Waals surface area (Å²) < 4.78 is 0. The molecule has 0 N–H and O–H groups in total. The van der Waals surface area contributed by atoms with Gasteiger partial charge in [-0.15, -0.1) is 0 Å². The molecule has 0 aliphatic rings. The Labute approximate surface area is 123 Å². The van der Waals surface area contributed by atoms with Crippen LogP contribution in [0.1, 0.15) is 11.3 Å². The molecule has 4 nitrogen and oxygen atoms in total. The van der Waals surface area contributed by atoms with E-state index in [2.05, 4.69) is 4.98 Å². The van der Waals surface area contributed by atoms with Crippen LogP contribution in [0.3, 0.4) is 0 Å². The first kappa shape index (κ1) is 14.7. The van der Waals surface area contributed by atoms with Crippen molar-refractivity contribution in [2.45, 2.75) is 6.54 Å². The summed E-state index contributed by atoms with van der Waals surface area (Å²) in [5.74, 6) is -0.243. The fourth-order valence-electron chi connectivity index (χ4n) is 1.81. The van der Waals surface area contributed by atoms with Crippen LogP contribution in [-0.4, -0.2) is 28.6 Å². The summed E-state index contributed by atoms with van der Waals surface area (Å²) in [6.45, 7) is 0.211. The number of nitrogens with zero attached hydrogens (tertiary/aromatic N) is 2. The summed E-state index contributed by atoms with van der Waals surface area (Å²) in [6, 6.07) is 15.0. The SMILES string of the molecule is O=[C]CN(Cc1ccccn1)C(=O)/C=C/c1ccccc1. The first-order valence-corrected chi connectivity index (χ1v) is 6.56. The van der Waals surface area contributed by atoms with Crippen molar-refractivity contribution in [2.75, 3.05) is 6.54 Å². The summed E-state index contributed by atoms with van der Waals surface area (Å²) in [7, 11) is 0. The van der Waals surface area contributed by atoms with Gasteiger partial charge in [0.15, 0.2) is 0 Å². The van der Waals surface area contributed by atoms with Crippen LogP contribution >= 0.6 is 0 Å². The average Bonchev–Trinajstić information content (AvgIpc) is 2.54.